The van der Waals surface area contributed by atoms with Crippen LogP contribution in [0.4, 0.5) is 0 Å². The van der Waals surface area contributed by atoms with Crippen molar-refractivity contribution in [2.75, 3.05) is 13.2 Å². The third kappa shape index (κ3) is 2.91. The van der Waals surface area contributed by atoms with Crippen molar-refractivity contribution in [2.24, 2.45) is 11.8 Å². The standard InChI is InChI=1S/C21H23N3O2S/c25-20-14-7-1-2-8-15(14)21(26)24(20)13-23-12-6-5-10-17(23)19-22-16-9-3-4-11-18(16)27-19/h1-4,9,11,14-15,17H,5-8,10,12-13H2. The first-order valence-electron chi connectivity index (χ1n) is 9.82. The Labute approximate surface area is 162 Å². The summed E-state index contributed by atoms with van der Waals surface area (Å²) < 4.78 is 1.20. The molecule has 0 spiro atoms. The quantitative estimate of drug-likeness (QED) is 0.600. The Bertz CT molecular complexity index is 862. The van der Waals surface area contributed by atoms with Crippen molar-refractivity contribution in [3.8, 4) is 0 Å². The van der Waals surface area contributed by atoms with Gasteiger partial charge >= 0.3 is 0 Å². The van der Waals surface area contributed by atoms with Gasteiger partial charge in [0.1, 0.15) is 5.01 Å². The maximum Gasteiger partial charge on any atom is 0.234 e. The molecule has 0 saturated carbocycles. The van der Waals surface area contributed by atoms with Crippen molar-refractivity contribution in [1.29, 1.82) is 0 Å². The largest absolute Gasteiger partial charge is 0.276 e. The third-order valence-electron chi connectivity index (χ3n) is 6.13. The summed E-state index contributed by atoms with van der Waals surface area (Å²) in [5.41, 5.74) is 1.04. The van der Waals surface area contributed by atoms with Crippen molar-refractivity contribution >= 4 is 33.4 Å². The number of hydrogen-bond donors (Lipinski definition) is 0. The molecule has 1 aromatic heterocycles. The summed E-state index contributed by atoms with van der Waals surface area (Å²) in [5, 5.41) is 1.11. The number of benzene rings is 1. The van der Waals surface area contributed by atoms with Crippen LogP contribution in [0.2, 0.25) is 0 Å². The fourth-order valence-electron chi connectivity index (χ4n) is 4.66. The van der Waals surface area contributed by atoms with Gasteiger partial charge in [-0.05, 0) is 37.8 Å². The molecule has 2 fully saturated rings. The topological polar surface area (TPSA) is 53.5 Å². The minimum Gasteiger partial charge on any atom is -0.276 e. The lowest BCUT2D eigenvalue weighted by atomic mass is 9.85. The fraction of sp³-hybridized carbons (Fsp3) is 0.476. The zero-order valence-corrected chi connectivity index (χ0v) is 16.0. The number of allylic oxidation sites excluding steroid dienone is 2. The molecule has 3 heterocycles. The Morgan fingerprint density at radius 1 is 1.04 bits per heavy atom. The number of fused-ring (bicyclic) bond motifs is 2. The van der Waals surface area contributed by atoms with Gasteiger partial charge in [0.2, 0.25) is 11.8 Å². The van der Waals surface area contributed by atoms with Crippen LogP contribution < -0.4 is 0 Å². The second-order valence-corrected chi connectivity index (χ2v) is 8.81. The molecule has 2 aromatic rings. The predicted molar refractivity (Wildman–Crippen MR) is 105 cm³/mol. The second kappa shape index (κ2) is 6.84. The molecule has 6 heteroatoms. The number of carbonyl (C=O) groups is 2. The van der Waals surface area contributed by atoms with E-state index in [-0.39, 0.29) is 29.7 Å². The molecule has 5 rings (SSSR count). The van der Waals surface area contributed by atoms with Crippen LogP contribution in [0.15, 0.2) is 36.4 Å². The molecule has 2 aliphatic heterocycles. The summed E-state index contributed by atoms with van der Waals surface area (Å²) in [6.07, 6.45) is 8.78. The molecular formula is C21H23N3O2S. The van der Waals surface area contributed by atoms with E-state index in [1.807, 2.05) is 30.4 Å². The Morgan fingerprint density at radius 2 is 1.78 bits per heavy atom. The minimum absolute atomic E-state index is 0.0166. The highest BCUT2D eigenvalue weighted by molar-refractivity contribution is 7.18. The van der Waals surface area contributed by atoms with Gasteiger partial charge in [0.05, 0.1) is 34.8 Å². The first-order chi connectivity index (χ1) is 13.2. The molecule has 0 radical (unpaired) electrons. The highest BCUT2D eigenvalue weighted by Crippen LogP contribution is 2.38. The number of para-hydroxylation sites is 1. The molecule has 27 heavy (non-hydrogen) atoms. The fourth-order valence-corrected chi connectivity index (χ4v) is 5.80. The number of nitrogens with zero attached hydrogens (tertiary/aromatic N) is 3. The van der Waals surface area contributed by atoms with E-state index in [0.29, 0.717) is 19.5 Å². The summed E-state index contributed by atoms with van der Waals surface area (Å²) >= 11 is 1.74. The lowest BCUT2D eigenvalue weighted by molar-refractivity contribution is -0.143. The number of imide groups is 1. The number of hydrogen-bond acceptors (Lipinski definition) is 5. The van der Waals surface area contributed by atoms with Gasteiger partial charge < -0.3 is 0 Å². The highest BCUT2D eigenvalue weighted by Gasteiger charge is 2.48. The number of amides is 2. The summed E-state index contributed by atoms with van der Waals surface area (Å²) in [6, 6.07) is 8.41. The molecule has 140 valence electrons. The molecule has 0 bridgehead atoms. The maximum atomic E-state index is 12.8. The smallest absolute Gasteiger partial charge is 0.234 e. The van der Waals surface area contributed by atoms with Crippen molar-refractivity contribution in [3.63, 3.8) is 0 Å². The Hall–Kier alpha value is -2.05. The van der Waals surface area contributed by atoms with Crippen molar-refractivity contribution in [2.45, 2.75) is 38.1 Å². The molecule has 0 N–H and O–H groups in total. The first kappa shape index (κ1) is 17.1. The van der Waals surface area contributed by atoms with Gasteiger partial charge in [-0.15, -0.1) is 11.3 Å². The molecule has 3 aliphatic rings. The molecule has 1 aliphatic carbocycles. The van der Waals surface area contributed by atoms with Gasteiger partial charge in [-0.25, -0.2) is 4.98 Å². The van der Waals surface area contributed by atoms with Crippen molar-refractivity contribution in [3.05, 3.63) is 41.4 Å². The van der Waals surface area contributed by atoms with Gasteiger partial charge in [0.15, 0.2) is 0 Å². The zero-order chi connectivity index (χ0) is 18.4. The zero-order valence-electron chi connectivity index (χ0n) is 15.2. The average Bonchev–Trinajstić information content (AvgIpc) is 3.24. The highest BCUT2D eigenvalue weighted by atomic mass is 32.1. The predicted octanol–water partition coefficient (Wildman–Crippen LogP) is 3.73. The van der Waals surface area contributed by atoms with Crippen LogP contribution in [0, 0.1) is 11.8 Å². The molecular weight excluding hydrogens is 358 g/mol. The summed E-state index contributed by atoms with van der Waals surface area (Å²) in [4.78, 5) is 34.3. The Balaban J connectivity index is 1.39. The van der Waals surface area contributed by atoms with E-state index in [1.165, 1.54) is 9.60 Å². The van der Waals surface area contributed by atoms with Crippen LogP contribution in [0.3, 0.4) is 0 Å². The van der Waals surface area contributed by atoms with Crippen LogP contribution >= 0.6 is 11.3 Å². The van der Waals surface area contributed by atoms with Crippen LogP contribution in [-0.2, 0) is 9.59 Å². The molecule has 3 unspecified atom stereocenters. The van der Waals surface area contributed by atoms with E-state index in [2.05, 4.69) is 11.0 Å². The maximum absolute atomic E-state index is 12.8. The van der Waals surface area contributed by atoms with E-state index in [1.54, 1.807) is 11.3 Å². The second-order valence-electron chi connectivity index (χ2n) is 7.75. The van der Waals surface area contributed by atoms with Gasteiger partial charge in [-0.3, -0.25) is 19.4 Å². The summed E-state index contributed by atoms with van der Waals surface area (Å²) in [5.74, 6) is -0.257. The third-order valence-corrected chi connectivity index (χ3v) is 7.27. The lowest BCUT2D eigenvalue weighted by Crippen LogP contribution is -2.45. The number of likely N-dealkylation sites (tertiary alicyclic amines) is 2. The van der Waals surface area contributed by atoms with Gasteiger partial charge in [-0.1, -0.05) is 30.7 Å². The SMILES string of the molecule is O=C1C2CC=CCC2C(=O)N1CN1CCCCC1c1nc2ccccc2s1. The van der Waals surface area contributed by atoms with E-state index >= 15 is 0 Å². The minimum atomic E-state index is -0.145. The van der Waals surface area contributed by atoms with Crippen LogP contribution in [0.1, 0.15) is 43.2 Å². The van der Waals surface area contributed by atoms with Crippen molar-refractivity contribution < 1.29 is 9.59 Å². The number of thiazole rings is 1. The van der Waals surface area contributed by atoms with Crippen LogP contribution in [-0.4, -0.2) is 39.8 Å². The van der Waals surface area contributed by atoms with Crippen molar-refractivity contribution in [1.82, 2.24) is 14.8 Å². The van der Waals surface area contributed by atoms with Gasteiger partial charge in [-0.2, -0.15) is 0 Å². The molecule has 5 nitrogen and oxygen atoms in total. The Morgan fingerprint density at radius 3 is 2.52 bits per heavy atom. The number of carbonyl (C=O) groups excluding carboxylic acids is 2. The van der Waals surface area contributed by atoms with E-state index in [9.17, 15) is 9.59 Å². The number of piperidine rings is 1. The van der Waals surface area contributed by atoms with E-state index in [0.717, 1.165) is 36.3 Å². The lowest BCUT2D eigenvalue weighted by Gasteiger charge is -2.36. The van der Waals surface area contributed by atoms with E-state index in [4.69, 9.17) is 4.98 Å². The normalized spacial score (nSPS) is 28.9. The summed E-state index contributed by atoms with van der Waals surface area (Å²) in [6.45, 7) is 1.32. The van der Waals surface area contributed by atoms with Crippen LogP contribution in [0.5, 0.6) is 0 Å². The van der Waals surface area contributed by atoms with Crippen LogP contribution in [0.25, 0.3) is 10.2 Å². The molecule has 1 aromatic carbocycles. The Kier molecular flexibility index (Phi) is 4.32. The first-order valence-corrected chi connectivity index (χ1v) is 10.6. The monoisotopic (exact) mass is 381 g/mol. The average molecular weight is 382 g/mol. The van der Waals surface area contributed by atoms with Gasteiger partial charge in [0, 0.05) is 6.54 Å². The molecule has 3 atom stereocenters. The molecule has 2 saturated heterocycles. The number of aromatic nitrogens is 1. The van der Waals surface area contributed by atoms with Gasteiger partial charge in [0.25, 0.3) is 0 Å². The van der Waals surface area contributed by atoms with E-state index < -0.39 is 0 Å². The summed E-state index contributed by atoms with van der Waals surface area (Å²) in [7, 11) is 0. The number of rotatable bonds is 3. The molecule has 2 amide bonds.